The van der Waals surface area contributed by atoms with E-state index in [1.54, 1.807) is 7.11 Å². The molecule has 0 bridgehead atoms. The number of rotatable bonds is 4. The Kier molecular flexibility index (Phi) is 5.11. The minimum atomic E-state index is 0.268. The number of methoxy groups -OCH3 is 1. The second-order valence-corrected chi connectivity index (χ2v) is 6.53. The Balaban J connectivity index is 2.23. The van der Waals surface area contributed by atoms with Crippen LogP contribution < -0.4 is 4.74 Å². The highest BCUT2D eigenvalue weighted by Gasteiger charge is 2.13. The fourth-order valence-electron chi connectivity index (χ4n) is 2.48. The van der Waals surface area contributed by atoms with E-state index in [0.717, 1.165) is 28.3 Å². The molecule has 0 aliphatic carbocycles. The Morgan fingerprint density at radius 1 is 1.15 bits per heavy atom. The summed E-state index contributed by atoms with van der Waals surface area (Å²) in [6, 6.07) is 12.4. The van der Waals surface area contributed by atoms with Crippen LogP contribution in [0.15, 0.2) is 36.4 Å². The molecule has 2 aromatic carbocycles. The fraction of sp³-hybridized carbons (Fsp3) is 0.294. The van der Waals surface area contributed by atoms with Crippen molar-refractivity contribution in [1.29, 1.82) is 0 Å². The summed E-state index contributed by atoms with van der Waals surface area (Å²) in [5, 5.41) is 0.782. The van der Waals surface area contributed by atoms with Crippen molar-refractivity contribution in [3.05, 3.63) is 63.7 Å². The lowest BCUT2D eigenvalue weighted by Crippen LogP contribution is -1.99. The van der Waals surface area contributed by atoms with E-state index in [2.05, 4.69) is 48.0 Å². The highest BCUT2D eigenvalue weighted by atomic mass is 79.9. The second kappa shape index (κ2) is 6.64. The van der Waals surface area contributed by atoms with Crippen LogP contribution in [0.2, 0.25) is 5.02 Å². The molecule has 0 saturated heterocycles. The van der Waals surface area contributed by atoms with E-state index in [0.29, 0.717) is 0 Å². The summed E-state index contributed by atoms with van der Waals surface area (Å²) in [4.78, 5) is 0.268. The van der Waals surface area contributed by atoms with Gasteiger partial charge in [-0.2, -0.15) is 0 Å². The molecule has 20 heavy (non-hydrogen) atoms. The second-order valence-electron chi connectivity index (χ2n) is 4.99. The van der Waals surface area contributed by atoms with Gasteiger partial charge in [-0.3, -0.25) is 0 Å². The van der Waals surface area contributed by atoms with Crippen molar-refractivity contribution in [1.82, 2.24) is 0 Å². The molecular formula is C17H18BrClO. The topological polar surface area (TPSA) is 9.23 Å². The van der Waals surface area contributed by atoms with Gasteiger partial charge in [-0.15, -0.1) is 0 Å². The van der Waals surface area contributed by atoms with Gasteiger partial charge in [0.15, 0.2) is 0 Å². The third kappa shape index (κ3) is 3.56. The van der Waals surface area contributed by atoms with Crippen LogP contribution in [-0.2, 0) is 6.42 Å². The normalized spacial score (nSPS) is 12.2. The third-order valence-corrected chi connectivity index (χ3v) is 4.44. The number of benzene rings is 2. The average molecular weight is 354 g/mol. The number of halogens is 2. The number of hydrogen-bond acceptors (Lipinski definition) is 1. The van der Waals surface area contributed by atoms with Gasteiger partial charge in [-0.25, -0.2) is 0 Å². The van der Waals surface area contributed by atoms with Crippen molar-refractivity contribution < 1.29 is 4.74 Å². The van der Waals surface area contributed by atoms with E-state index < -0.39 is 0 Å². The Morgan fingerprint density at radius 3 is 2.35 bits per heavy atom. The minimum absolute atomic E-state index is 0.268. The molecule has 2 rings (SSSR count). The first-order valence-corrected chi connectivity index (χ1v) is 7.84. The third-order valence-electron chi connectivity index (χ3n) is 3.35. The minimum Gasteiger partial charge on any atom is -0.496 e. The van der Waals surface area contributed by atoms with Crippen molar-refractivity contribution >= 4 is 27.5 Å². The molecule has 0 aromatic heterocycles. The van der Waals surface area contributed by atoms with Crippen LogP contribution in [0.3, 0.4) is 0 Å². The Bertz CT molecular complexity index is 587. The van der Waals surface area contributed by atoms with Crippen LogP contribution in [0.25, 0.3) is 0 Å². The predicted molar refractivity (Wildman–Crippen MR) is 89.3 cm³/mol. The summed E-state index contributed by atoms with van der Waals surface area (Å²) >= 11 is 9.81. The van der Waals surface area contributed by atoms with Gasteiger partial charge < -0.3 is 4.74 Å². The average Bonchev–Trinajstić information content (AvgIpc) is 2.38. The largest absolute Gasteiger partial charge is 0.496 e. The maximum Gasteiger partial charge on any atom is 0.124 e. The van der Waals surface area contributed by atoms with Gasteiger partial charge in [0, 0.05) is 9.85 Å². The monoisotopic (exact) mass is 352 g/mol. The zero-order valence-electron chi connectivity index (χ0n) is 11.9. The van der Waals surface area contributed by atoms with E-state index >= 15 is 0 Å². The highest BCUT2D eigenvalue weighted by Crippen LogP contribution is 2.33. The van der Waals surface area contributed by atoms with Crippen molar-refractivity contribution in [3.63, 3.8) is 0 Å². The summed E-state index contributed by atoms with van der Waals surface area (Å²) in [5.41, 5.74) is 4.82. The maximum atomic E-state index is 6.03. The van der Waals surface area contributed by atoms with Gasteiger partial charge in [0.1, 0.15) is 5.75 Å². The molecule has 1 unspecified atom stereocenters. The quantitative estimate of drug-likeness (QED) is 0.646. The van der Waals surface area contributed by atoms with Crippen molar-refractivity contribution in [2.24, 2.45) is 0 Å². The number of alkyl halides is 1. The Labute approximate surface area is 134 Å². The van der Waals surface area contributed by atoms with E-state index in [4.69, 9.17) is 16.3 Å². The molecule has 0 heterocycles. The predicted octanol–water partition coefficient (Wildman–Crippen LogP) is 5.64. The molecule has 0 spiro atoms. The van der Waals surface area contributed by atoms with Gasteiger partial charge in [0.05, 0.1) is 7.11 Å². The molecule has 0 saturated carbocycles. The van der Waals surface area contributed by atoms with Crippen molar-refractivity contribution in [3.8, 4) is 5.75 Å². The molecule has 0 amide bonds. The zero-order valence-corrected chi connectivity index (χ0v) is 14.3. The van der Waals surface area contributed by atoms with Crippen LogP contribution in [0, 0.1) is 13.8 Å². The van der Waals surface area contributed by atoms with Crippen LogP contribution in [0.1, 0.15) is 27.1 Å². The fourth-order valence-corrected chi connectivity index (χ4v) is 3.33. The molecule has 0 fully saturated rings. The summed E-state index contributed by atoms with van der Waals surface area (Å²) in [7, 11) is 1.71. The molecule has 106 valence electrons. The van der Waals surface area contributed by atoms with Crippen LogP contribution >= 0.6 is 27.5 Å². The Hall–Kier alpha value is -0.990. The molecule has 0 aliphatic heterocycles. The van der Waals surface area contributed by atoms with Crippen LogP contribution in [-0.4, -0.2) is 7.11 Å². The smallest absolute Gasteiger partial charge is 0.124 e. The summed E-state index contributed by atoms with van der Waals surface area (Å²) in [5.74, 6) is 0.969. The first-order chi connectivity index (χ1) is 9.51. The lowest BCUT2D eigenvalue weighted by molar-refractivity contribution is 0.408. The van der Waals surface area contributed by atoms with Gasteiger partial charge in [0.2, 0.25) is 0 Å². The molecule has 1 atom stereocenters. The van der Waals surface area contributed by atoms with Crippen LogP contribution in [0.5, 0.6) is 5.75 Å². The molecule has 0 N–H and O–H groups in total. The zero-order chi connectivity index (χ0) is 14.7. The van der Waals surface area contributed by atoms with E-state index in [-0.39, 0.29) is 4.83 Å². The van der Waals surface area contributed by atoms with Crippen molar-refractivity contribution in [2.75, 3.05) is 7.11 Å². The van der Waals surface area contributed by atoms with Gasteiger partial charge >= 0.3 is 0 Å². The molecular weight excluding hydrogens is 336 g/mol. The van der Waals surface area contributed by atoms with Crippen LogP contribution in [0.4, 0.5) is 0 Å². The molecule has 2 aromatic rings. The first kappa shape index (κ1) is 15.4. The Morgan fingerprint density at radius 2 is 1.80 bits per heavy atom. The van der Waals surface area contributed by atoms with E-state index in [9.17, 15) is 0 Å². The molecule has 0 radical (unpaired) electrons. The van der Waals surface area contributed by atoms with Gasteiger partial charge in [-0.05, 0) is 54.7 Å². The standard InChI is InChI=1S/C17H18BrClO/c1-11-7-14(8-12(2)17(11)20-3)16(18)10-13-5-4-6-15(19)9-13/h4-9,16H,10H2,1-3H3. The summed E-state index contributed by atoms with van der Waals surface area (Å²) in [6.45, 7) is 4.16. The molecule has 1 nitrogen and oxygen atoms in total. The highest BCUT2D eigenvalue weighted by molar-refractivity contribution is 9.09. The lowest BCUT2D eigenvalue weighted by atomic mass is 9.99. The summed E-state index contributed by atoms with van der Waals surface area (Å²) in [6.07, 6.45) is 0.909. The SMILES string of the molecule is COc1c(C)cc(C(Br)Cc2cccc(Cl)c2)cc1C. The van der Waals surface area contributed by atoms with E-state index in [1.165, 1.54) is 11.1 Å². The lowest BCUT2D eigenvalue weighted by Gasteiger charge is -2.15. The van der Waals surface area contributed by atoms with Gasteiger partial charge in [0.25, 0.3) is 0 Å². The summed E-state index contributed by atoms with van der Waals surface area (Å²) < 4.78 is 5.41. The molecule has 0 aliphatic rings. The van der Waals surface area contributed by atoms with Crippen molar-refractivity contribution in [2.45, 2.75) is 25.1 Å². The number of ether oxygens (including phenoxy) is 1. The number of aryl methyl sites for hydroxylation is 2. The number of hydrogen-bond donors (Lipinski definition) is 0. The maximum absolute atomic E-state index is 6.03. The van der Waals surface area contributed by atoms with Gasteiger partial charge in [-0.1, -0.05) is 51.8 Å². The first-order valence-electron chi connectivity index (χ1n) is 6.55. The molecule has 3 heteroatoms. The van der Waals surface area contributed by atoms with E-state index in [1.807, 2.05) is 18.2 Å².